The molecule has 0 aliphatic carbocycles. The molecule has 0 saturated carbocycles. The van der Waals surface area contributed by atoms with Gasteiger partial charge in [0.25, 0.3) is 0 Å². The zero-order valence-electron chi connectivity index (χ0n) is 14.5. The Morgan fingerprint density at radius 2 is 1.92 bits per heavy atom. The molecule has 1 rings (SSSR count). The molecule has 0 heterocycles. The zero-order valence-corrected chi connectivity index (χ0v) is 15.4. The second-order valence-electron chi connectivity index (χ2n) is 5.66. The van der Waals surface area contributed by atoms with Crippen molar-refractivity contribution in [3.63, 3.8) is 0 Å². The highest BCUT2D eigenvalue weighted by Gasteiger charge is 2.35. The van der Waals surface area contributed by atoms with Gasteiger partial charge in [0.05, 0.1) is 0 Å². The summed E-state index contributed by atoms with van der Waals surface area (Å²) in [5.74, 6) is -2.68. The first-order valence-corrected chi connectivity index (χ1v) is 9.82. The van der Waals surface area contributed by atoms with Crippen LogP contribution >= 0.6 is 7.60 Å². The zero-order chi connectivity index (χ0) is 19.6. The molecule has 3 atom stereocenters. The molecule has 0 fully saturated rings. The molecule has 0 radical (unpaired) electrons. The lowest BCUT2D eigenvalue weighted by Crippen LogP contribution is -2.35. The molecule has 9 nitrogen and oxygen atoms in total. The number of aliphatic carboxylic acids is 1. The molecule has 5 N–H and O–H groups in total. The van der Waals surface area contributed by atoms with Crippen LogP contribution in [0, 0.1) is 0 Å². The summed E-state index contributed by atoms with van der Waals surface area (Å²) >= 11 is 0. The van der Waals surface area contributed by atoms with Crippen molar-refractivity contribution in [2.45, 2.75) is 44.7 Å². The van der Waals surface area contributed by atoms with E-state index >= 15 is 0 Å². The standard InChI is InChI=1S/C16H25N2O7P/c1-12(18-16(21)24-11-13-7-3-2-4-8-13)26(22,23)25-14(15(19)20)9-5-6-10-17/h2-4,7-8,12,14H,5-6,9-11,17H2,1H3,(H,18,21)(H,19,20)(H,22,23)/t12-,14+/m1/s1. The fraction of sp³-hybridized carbons (Fsp3) is 0.500. The van der Waals surface area contributed by atoms with Crippen LogP contribution in [-0.4, -0.2) is 40.5 Å². The molecule has 1 aromatic carbocycles. The molecule has 0 aliphatic heterocycles. The SMILES string of the molecule is C[C@H](NC(=O)OCc1ccccc1)P(=O)(O)O[C@@H](CCCCN)C(=O)O. The molecule has 0 saturated heterocycles. The van der Waals surface area contributed by atoms with Gasteiger partial charge in [-0.15, -0.1) is 0 Å². The van der Waals surface area contributed by atoms with E-state index in [2.05, 4.69) is 5.32 Å². The Bertz CT molecular complexity index is 626. The van der Waals surface area contributed by atoms with Gasteiger partial charge in [0.1, 0.15) is 12.4 Å². The maximum absolute atomic E-state index is 12.2. The number of ether oxygens (including phenoxy) is 1. The number of rotatable bonds is 11. The van der Waals surface area contributed by atoms with Crippen LogP contribution < -0.4 is 11.1 Å². The smallest absolute Gasteiger partial charge is 0.408 e. The maximum atomic E-state index is 12.2. The topological polar surface area (TPSA) is 148 Å². The van der Waals surface area contributed by atoms with E-state index in [-0.39, 0.29) is 13.0 Å². The summed E-state index contributed by atoms with van der Waals surface area (Å²) in [5, 5.41) is 11.3. The minimum atomic E-state index is -4.42. The van der Waals surface area contributed by atoms with Crippen LogP contribution in [0.15, 0.2) is 30.3 Å². The molecule has 0 aliphatic rings. The average Bonchev–Trinajstić information content (AvgIpc) is 2.60. The minimum absolute atomic E-state index is 0.00712. The lowest BCUT2D eigenvalue weighted by molar-refractivity contribution is -0.145. The third-order valence-corrected chi connectivity index (χ3v) is 5.17. The number of hydrogen-bond donors (Lipinski definition) is 4. The van der Waals surface area contributed by atoms with Crippen LogP contribution in [0.4, 0.5) is 4.79 Å². The number of hydrogen-bond acceptors (Lipinski definition) is 6. The molecule has 10 heteroatoms. The van der Waals surface area contributed by atoms with Crippen LogP contribution in [0.1, 0.15) is 31.7 Å². The second-order valence-corrected chi connectivity index (χ2v) is 7.78. The monoisotopic (exact) mass is 388 g/mol. The Balaban J connectivity index is 2.53. The van der Waals surface area contributed by atoms with Crippen LogP contribution in [0.25, 0.3) is 0 Å². The molecular formula is C16H25N2O7P. The van der Waals surface area contributed by atoms with E-state index in [1.165, 1.54) is 6.92 Å². The third kappa shape index (κ3) is 7.97. The van der Waals surface area contributed by atoms with Gasteiger partial charge in [0.15, 0.2) is 6.10 Å². The predicted octanol–water partition coefficient (Wildman–Crippen LogP) is 2.04. The van der Waals surface area contributed by atoms with Gasteiger partial charge in [0.2, 0.25) is 0 Å². The van der Waals surface area contributed by atoms with Gasteiger partial charge < -0.3 is 25.8 Å². The van der Waals surface area contributed by atoms with E-state index in [4.69, 9.17) is 20.1 Å². The van der Waals surface area contributed by atoms with E-state index in [1.54, 1.807) is 24.3 Å². The van der Waals surface area contributed by atoms with Gasteiger partial charge in [-0.05, 0) is 38.3 Å². The van der Waals surface area contributed by atoms with Crippen LogP contribution in [0.3, 0.4) is 0 Å². The highest BCUT2D eigenvalue weighted by molar-refractivity contribution is 7.53. The second kappa shape index (κ2) is 10.9. The average molecular weight is 388 g/mol. The van der Waals surface area contributed by atoms with E-state index in [0.717, 1.165) is 5.56 Å². The summed E-state index contributed by atoms with van der Waals surface area (Å²) in [7, 11) is -4.42. The van der Waals surface area contributed by atoms with Crippen molar-refractivity contribution in [3.05, 3.63) is 35.9 Å². The Kier molecular flexibility index (Phi) is 9.29. The summed E-state index contributed by atoms with van der Waals surface area (Å²) in [6.45, 7) is 1.62. The normalized spacial score (nSPS) is 15.5. The Hall–Kier alpha value is -1.93. The summed E-state index contributed by atoms with van der Waals surface area (Å²) in [4.78, 5) is 32.9. The van der Waals surface area contributed by atoms with Gasteiger partial charge in [-0.2, -0.15) is 0 Å². The van der Waals surface area contributed by atoms with E-state index in [1.807, 2.05) is 6.07 Å². The van der Waals surface area contributed by atoms with Crippen molar-refractivity contribution < 1.29 is 33.4 Å². The van der Waals surface area contributed by atoms with Crippen molar-refractivity contribution >= 4 is 19.7 Å². The first kappa shape index (κ1) is 22.1. The quantitative estimate of drug-likeness (QED) is 0.332. The molecule has 146 valence electrons. The first-order valence-electron chi connectivity index (χ1n) is 8.17. The first-order chi connectivity index (χ1) is 12.3. The van der Waals surface area contributed by atoms with E-state index < -0.39 is 31.5 Å². The van der Waals surface area contributed by atoms with Crippen LogP contribution in [-0.2, 0) is 25.2 Å². The third-order valence-electron chi connectivity index (χ3n) is 3.50. The van der Waals surface area contributed by atoms with Gasteiger partial charge in [-0.25, -0.2) is 9.59 Å². The van der Waals surface area contributed by atoms with Crippen molar-refractivity contribution in [2.75, 3.05) is 6.54 Å². The number of benzene rings is 1. The molecule has 0 bridgehead atoms. The van der Waals surface area contributed by atoms with Gasteiger partial charge in [0, 0.05) is 0 Å². The summed E-state index contributed by atoms with van der Waals surface area (Å²) < 4.78 is 22.1. The van der Waals surface area contributed by atoms with Crippen molar-refractivity contribution in [3.8, 4) is 0 Å². The number of carboxylic acids is 1. The number of amides is 1. The van der Waals surface area contributed by atoms with Gasteiger partial charge >= 0.3 is 19.7 Å². The summed E-state index contributed by atoms with van der Waals surface area (Å²) in [5.41, 5.74) is 6.09. The van der Waals surface area contributed by atoms with Crippen molar-refractivity contribution in [1.29, 1.82) is 0 Å². The summed E-state index contributed by atoms with van der Waals surface area (Å²) in [6.07, 6.45) is -1.31. The number of nitrogens with one attached hydrogen (secondary N) is 1. The number of carbonyl (C=O) groups is 2. The van der Waals surface area contributed by atoms with Crippen molar-refractivity contribution in [1.82, 2.24) is 5.32 Å². The number of carboxylic acid groups (broad SMARTS) is 1. The van der Waals surface area contributed by atoms with Gasteiger partial charge in [-0.3, -0.25) is 9.09 Å². The Morgan fingerprint density at radius 1 is 1.27 bits per heavy atom. The van der Waals surface area contributed by atoms with E-state index in [0.29, 0.717) is 19.4 Å². The fourth-order valence-electron chi connectivity index (χ4n) is 1.99. The Morgan fingerprint density at radius 3 is 2.50 bits per heavy atom. The molecular weight excluding hydrogens is 363 g/mol. The molecule has 0 spiro atoms. The predicted molar refractivity (Wildman–Crippen MR) is 94.5 cm³/mol. The Labute approximate surface area is 152 Å². The highest BCUT2D eigenvalue weighted by Crippen LogP contribution is 2.47. The lowest BCUT2D eigenvalue weighted by Gasteiger charge is -2.23. The largest absolute Gasteiger partial charge is 0.479 e. The number of carbonyl (C=O) groups excluding carboxylic acids is 1. The highest BCUT2D eigenvalue weighted by atomic mass is 31.2. The number of nitrogens with two attached hydrogens (primary N) is 1. The van der Waals surface area contributed by atoms with E-state index in [9.17, 15) is 19.0 Å². The molecule has 0 aromatic heterocycles. The van der Waals surface area contributed by atoms with Crippen molar-refractivity contribution in [2.24, 2.45) is 5.73 Å². The van der Waals surface area contributed by atoms with Gasteiger partial charge in [-0.1, -0.05) is 30.3 Å². The minimum Gasteiger partial charge on any atom is -0.479 e. The molecule has 1 amide bonds. The maximum Gasteiger partial charge on any atom is 0.408 e. The molecule has 26 heavy (non-hydrogen) atoms. The lowest BCUT2D eigenvalue weighted by atomic mass is 10.1. The molecule has 1 aromatic rings. The molecule has 1 unspecified atom stereocenters. The van der Waals surface area contributed by atoms with Crippen LogP contribution in [0.5, 0.6) is 0 Å². The summed E-state index contributed by atoms with van der Waals surface area (Å²) in [6, 6.07) is 8.90. The number of alkyl carbamates (subject to hydrolysis) is 1. The number of unbranched alkanes of at least 4 members (excludes halogenated alkanes) is 1. The van der Waals surface area contributed by atoms with Crippen LogP contribution in [0.2, 0.25) is 0 Å². The fourth-order valence-corrected chi connectivity index (χ4v) is 3.00.